The van der Waals surface area contributed by atoms with Crippen molar-refractivity contribution in [2.75, 3.05) is 47.5 Å². The molecule has 0 aliphatic rings. The number of carbonyl (C=O) groups excluding carboxylic acids is 2. The molecule has 0 spiro atoms. The van der Waals surface area contributed by atoms with Gasteiger partial charge in [-0.05, 0) is 12.8 Å². The molecule has 0 amide bonds. The van der Waals surface area contributed by atoms with Crippen LogP contribution in [0.4, 0.5) is 0 Å². The van der Waals surface area contributed by atoms with E-state index >= 15 is 0 Å². The first-order valence-corrected chi connectivity index (χ1v) is 24.7. The van der Waals surface area contributed by atoms with Crippen molar-refractivity contribution in [3.05, 3.63) is 0 Å². The first-order valence-electron chi connectivity index (χ1n) is 23.2. The average molecular weight is 804 g/mol. The smallest absolute Gasteiger partial charge is 0.306 e. The van der Waals surface area contributed by atoms with E-state index < -0.39 is 26.5 Å². The Morgan fingerprint density at radius 2 is 0.855 bits per heavy atom. The number of hydrogen-bond donors (Lipinski definition) is 0. The summed E-state index contributed by atoms with van der Waals surface area (Å²) < 4.78 is 33.2. The van der Waals surface area contributed by atoms with Gasteiger partial charge in [-0.15, -0.1) is 0 Å². The molecule has 0 aliphatic heterocycles. The number of nitrogens with zero attached hydrogens (tertiary/aromatic N) is 1. The monoisotopic (exact) mass is 804 g/mol. The largest absolute Gasteiger partial charge is 0.756 e. The summed E-state index contributed by atoms with van der Waals surface area (Å²) in [5.41, 5.74) is 0. The van der Waals surface area contributed by atoms with Crippen molar-refractivity contribution >= 4 is 19.8 Å². The zero-order valence-corrected chi connectivity index (χ0v) is 37.8. The Morgan fingerprint density at radius 1 is 0.491 bits per heavy atom. The molecule has 0 N–H and O–H groups in total. The molecule has 0 heterocycles. The highest BCUT2D eigenvalue weighted by Gasteiger charge is 2.21. The number of ether oxygens (including phenoxy) is 2. The van der Waals surface area contributed by atoms with Crippen molar-refractivity contribution in [2.45, 2.75) is 232 Å². The summed E-state index contributed by atoms with van der Waals surface area (Å²) in [6, 6.07) is 0. The molecule has 0 aromatic carbocycles. The fourth-order valence-corrected chi connectivity index (χ4v) is 7.48. The minimum Gasteiger partial charge on any atom is -0.756 e. The van der Waals surface area contributed by atoms with E-state index in [9.17, 15) is 19.0 Å². The fraction of sp³-hybridized carbons (Fsp3) is 0.956. The van der Waals surface area contributed by atoms with Crippen LogP contribution in [0.1, 0.15) is 226 Å². The molecular weight excluding hydrogens is 713 g/mol. The third-order valence-corrected chi connectivity index (χ3v) is 11.3. The van der Waals surface area contributed by atoms with E-state index in [0.29, 0.717) is 17.4 Å². The maximum absolute atomic E-state index is 12.3. The number of carbonyl (C=O) groups is 2. The van der Waals surface area contributed by atoms with E-state index in [1.807, 2.05) is 28.1 Å². The number of phosphoric acid groups is 1. The Hall–Kier alpha value is -0.990. The van der Waals surface area contributed by atoms with Crippen molar-refractivity contribution in [1.29, 1.82) is 0 Å². The van der Waals surface area contributed by atoms with E-state index in [-0.39, 0.29) is 32.0 Å². The SMILES string of the molecule is CCCCCCCCCCCCCCCCCCCCCCCCCCCCCCCCC(=O)OC[C@H](COP(=O)([O-])OCC[N+](C)(C)C)OC(=O)CCC. The third kappa shape index (κ3) is 42.4. The Kier molecular flexibility index (Phi) is 37.8. The number of esters is 2. The third-order valence-electron chi connectivity index (χ3n) is 10.3. The summed E-state index contributed by atoms with van der Waals surface area (Å²) >= 11 is 0. The van der Waals surface area contributed by atoms with Gasteiger partial charge < -0.3 is 27.9 Å². The summed E-state index contributed by atoms with van der Waals surface area (Å²) in [5, 5.41) is 0. The molecule has 0 aliphatic carbocycles. The van der Waals surface area contributed by atoms with Crippen LogP contribution in [0.15, 0.2) is 0 Å². The Bertz CT molecular complexity index is 912. The highest BCUT2D eigenvalue weighted by molar-refractivity contribution is 7.45. The zero-order valence-electron chi connectivity index (χ0n) is 36.9. The Balaban J connectivity index is 3.62. The molecule has 0 radical (unpaired) electrons. The van der Waals surface area contributed by atoms with Gasteiger partial charge in [0, 0.05) is 12.8 Å². The first-order chi connectivity index (χ1) is 26.5. The normalized spacial score (nSPS) is 13.5. The second-order valence-electron chi connectivity index (χ2n) is 17.1. The second kappa shape index (κ2) is 38.5. The van der Waals surface area contributed by atoms with Crippen LogP contribution in [-0.4, -0.2) is 70.0 Å². The van der Waals surface area contributed by atoms with E-state index in [4.69, 9.17) is 18.5 Å². The van der Waals surface area contributed by atoms with Gasteiger partial charge in [0.15, 0.2) is 6.10 Å². The van der Waals surface area contributed by atoms with Gasteiger partial charge in [-0.25, -0.2) is 0 Å². The summed E-state index contributed by atoms with van der Waals surface area (Å²) in [4.78, 5) is 36.5. The number of hydrogen-bond acceptors (Lipinski definition) is 8. The second-order valence-corrected chi connectivity index (χ2v) is 18.5. The molecule has 2 atom stereocenters. The van der Waals surface area contributed by atoms with Gasteiger partial charge in [-0.2, -0.15) is 0 Å². The lowest BCUT2D eigenvalue weighted by molar-refractivity contribution is -0.870. The molecule has 0 rings (SSSR count). The van der Waals surface area contributed by atoms with Crippen molar-refractivity contribution in [3.8, 4) is 0 Å². The van der Waals surface area contributed by atoms with Crippen molar-refractivity contribution < 1.29 is 42.1 Å². The van der Waals surface area contributed by atoms with E-state index in [1.165, 1.54) is 173 Å². The Morgan fingerprint density at radius 3 is 1.20 bits per heavy atom. The summed E-state index contributed by atoms with van der Waals surface area (Å²) in [7, 11) is 1.17. The number of phosphoric ester groups is 1. The van der Waals surface area contributed by atoms with Gasteiger partial charge in [0.1, 0.15) is 19.8 Å². The minimum atomic E-state index is -4.59. The maximum Gasteiger partial charge on any atom is 0.306 e. The van der Waals surface area contributed by atoms with Gasteiger partial charge in [-0.3, -0.25) is 14.2 Å². The van der Waals surface area contributed by atoms with Crippen LogP contribution in [0.2, 0.25) is 0 Å². The molecule has 328 valence electrons. The molecule has 0 fully saturated rings. The molecule has 0 bridgehead atoms. The van der Waals surface area contributed by atoms with Crippen LogP contribution < -0.4 is 4.89 Å². The van der Waals surface area contributed by atoms with Crippen LogP contribution in [0.3, 0.4) is 0 Å². The molecule has 0 saturated heterocycles. The average Bonchev–Trinajstić information content (AvgIpc) is 3.13. The highest BCUT2D eigenvalue weighted by Crippen LogP contribution is 2.38. The van der Waals surface area contributed by atoms with E-state index in [1.54, 1.807) is 0 Å². The predicted molar refractivity (Wildman–Crippen MR) is 227 cm³/mol. The molecule has 9 nitrogen and oxygen atoms in total. The van der Waals surface area contributed by atoms with Crippen molar-refractivity contribution in [1.82, 2.24) is 0 Å². The van der Waals surface area contributed by atoms with Crippen LogP contribution in [0.5, 0.6) is 0 Å². The molecule has 0 aromatic heterocycles. The summed E-state index contributed by atoms with van der Waals surface area (Å²) in [5.74, 6) is -0.883. The lowest BCUT2D eigenvalue weighted by atomic mass is 10.0. The topological polar surface area (TPSA) is 111 Å². The van der Waals surface area contributed by atoms with Crippen LogP contribution in [0.25, 0.3) is 0 Å². The van der Waals surface area contributed by atoms with Crippen LogP contribution >= 0.6 is 7.82 Å². The lowest BCUT2D eigenvalue weighted by Gasteiger charge is -2.28. The number of likely N-dealkylation sites (N-methyl/N-ethyl adjacent to an activating group) is 1. The van der Waals surface area contributed by atoms with Gasteiger partial charge in [0.05, 0.1) is 27.7 Å². The van der Waals surface area contributed by atoms with Crippen molar-refractivity contribution in [3.63, 3.8) is 0 Å². The molecule has 0 aromatic rings. The Labute approximate surface area is 340 Å². The van der Waals surface area contributed by atoms with Gasteiger partial charge in [0.2, 0.25) is 0 Å². The predicted octanol–water partition coefficient (Wildman–Crippen LogP) is 12.6. The molecule has 55 heavy (non-hydrogen) atoms. The quantitative estimate of drug-likeness (QED) is 0.0259. The summed E-state index contributed by atoms with van der Waals surface area (Å²) in [6.07, 6.45) is 40.7. The van der Waals surface area contributed by atoms with Crippen LogP contribution in [-0.2, 0) is 32.7 Å². The molecule has 10 heteroatoms. The molecule has 0 saturated carbocycles. The molecular formula is C45H90NO8P. The number of rotatable bonds is 43. The lowest BCUT2D eigenvalue weighted by Crippen LogP contribution is -2.37. The van der Waals surface area contributed by atoms with E-state index in [0.717, 1.165) is 19.3 Å². The number of quaternary nitrogens is 1. The van der Waals surface area contributed by atoms with Gasteiger partial charge in [0.25, 0.3) is 7.82 Å². The standard InChI is InChI=1S/C45H90NO8P/c1-6-8-9-10-11-12-13-14-15-16-17-18-19-20-21-22-23-24-25-26-27-28-29-30-31-32-33-34-35-36-38-44(47)51-41-43(54-45(48)37-7-2)42-53-55(49,50)52-40-39-46(3,4)5/h43H,6-42H2,1-5H3/t43-/m1/s1. The zero-order chi connectivity index (χ0) is 40.7. The van der Waals surface area contributed by atoms with Crippen molar-refractivity contribution in [2.24, 2.45) is 0 Å². The first kappa shape index (κ1) is 54.0. The van der Waals surface area contributed by atoms with Gasteiger partial charge >= 0.3 is 11.9 Å². The molecule has 1 unspecified atom stereocenters. The minimum absolute atomic E-state index is 0.0285. The fourth-order valence-electron chi connectivity index (χ4n) is 6.75. The summed E-state index contributed by atoms with van der Waals surface area (Å²) in [6.45, 7) is 3.85. The maximum atomic E-state index is 12.3. The van der Waals surface area contributed by atoms with E-state index in [2.05, 4.69) is 6.92 Å². The highest BCUT2D eigenvalue weighted by atomic mass is 31.2. The number of unbranched alkanes of at least 4 members (excludes halogenated alkanes) is 29. The van der Waals surface area contributed by atoms with Gasteiger partial charge in [-0.1, -0.05) is 200 Å². The van der Waals surface area contributed by atoms with Crippen LogP contribution in [0, 0.1) is 0 Å².